The second kappa shape index (κ2) is 19.4. The van der Waals surface area contributed by atoms with Gasteiger partial charge >= 0.3 is 6.09 Å². The maximum Gasteiger partial charge on any atom is 0.410 e. The number of aliphatic hydroxyl groups excluding tert-OH is 2. The van der Waals surface area contributed by atoms with E-state index in [4.69, 9.17) is 9.84 Å². The minimum Gasteiger partial charge on any atom is -0.442 e. The molecule has 0 spiro atoms. The van der Waals surface area contributed by atoms with E-state index in [1.807, 2.05) is 50.9 Å². The van der Waals surface area contributed by atoms with Crippen LogP contribution in [-0.4, -0.2) is 128 Å². The first-order chi connectivity index (χ1) is 22.9. The Morgan fingerprint density at radius 3 is 2.25 bits per heavy atom. The summed E-state index contributed by atoms with van der Waals surface area (Å²) >= 11 is 0. The Labute approximate surface area is 284 Å². The molecule has 0 radical (unpaired) electrons. The molecule has 12 heteroatoms. The predicted octanol–water partition coefficient (Wildman–Crippen LogP) is 3.39. The van der Waals surface area contributed by atoms with Crippen LogP contribution in [0.5, 0.6) is 0 Å². The lowest BCUT2D eigenvalue weighted by Gasteiger charge is -2.36. The highest BCUT2D eigenvalue weighted by molar-refractivity contribution is 5.76. The second-order valence-corrected chi connectivity index (χ2v) is 13.1. The number of ether oxygens (including phenoxy) is 1. The van der Waals surface area contributed by atoms with Crippen LogP contribution in [0.2, 0.25) is 0 Å². The maximum atomic E-state index is 14.8. The third-order valence-electron chi connectivity index (χ3n) is 9.35. The van der Waals surface area contributed by atoms with Crippen LogP contribution in [0.4, 0.5) is 14.9 Å². The molecule has 2 aliphatic rings. The van der Waals surface area contributed by atoms with Crippen molar-refractivity contribution in [3.8, 4) is 0 Å². The van der Waals surface area contributed by atoms with Crippen LogP contribution >= 0.6 is 0 Å². The van der Waals surface area contributed by atoms with Crippen molar-refractivity contribution in [2.75, 3.05) is 70.9 Å². The molecule has 2 N–H and O–H groups in total. The van der Waals surface area contributed by atoms with Crippen molar-refractivity contribution in [1.29, 1.82) is 0 Å². The van der Waals surface area contributed by atoms with E-state index in [1.54, 1.807) is 15.9 Å². The van der Waals surface area contributed by atoms with E-state index in [1.165, 1.54) is 12.1 Å². The van der Waals surface area contributed by atoms with E-state index in [9.17, 15) is 28.7 Å². The molecule has 1 aromatic carbocycles. The van der Waals surface area contributed by atoms with Crippen molar-refractivity contribution in [1.82, 2.24) is 14.7 Å². The molecule has 2 aliphatic heterocycles. The van der Waals surface area contributed by atoms with Gasteiger partial charge in [0, 0.05) is 76.8 Å². The Hall–Kier alpha value is -3.61. The Morgan fingerprint density at radius 2 is 1.62 bits per heavy atom. The molecule has 0 aliphatic carbocycles. The molecular weight excluding hydrogens is 619 g/mol. The maximum absolute atomic E-state index is 14.8. The fraction of sp³-hybridized carbons (Fsp3) is 0.611. The molecule has 0 saturated carbocycles. The van der Waals surface area contributed by atoms with Crippen LogP contribution in [0.15, 0.2) is 35.9 Å². The molecule has 2 amide bonds. The standard InChI is InChI=1S/C36H53FN4O7/c1-26(6-8-34(27(2)5-7-32(45)9-19-42)48-36(47)41-13-11-38(4)12-14-41)33(25-44)28(3)21-29-22-30(37)24-31(23-29)39-15-17-40(18-16-39)35(46)10-20-43/h6,8,19,21-27,32-34,43,45H,5,7,9-18,20H2,1-4H3/b8-6+,28-21+/t26-,27-,32+,33-,34-/m0/s1. The second-order valence-electron chi connectivity index (χ2n) is 13.1. The Bertz CT molecular complexity index is 1270. The van der Waals surface area contributed by atoms with Gasteiger partial charge in [0.1, 0.15) is 24.5 Å². The van der Waals surface area contributed by atoms with Crippen LogP contribution in [0.3, 0.4) is 0 Å². The Kier molecular flexibility index (Phi) is 15.7. The van der Waals surface area contributed by atoms with E-state index in [-0.39, 0.29) is 37.2 Å². The minimum atomic E-state index is -0.761. The van der Waals surface area contributed by atoms with Crippen LogP contribution in [0, 0.1) is 23.6 Å². The number of benzene rings is 1. The molecule has 2 saturated heterocycles. The van der Waals surface area contributed by atoms with Crippen LogP contribution in [0.1, 0.15) is 52.0 Å². The minimum absolute atomic E-state index is 0.0495. The summed E-state index contributed by atoms with van der Waals surface area (Å²) in [4.78, 5) is 55.9. The number of anilines is 1. The summed E-state index contributed by atoms with van der Waals surface area (Å²) in [5.41, 5.74) is 2.05. The van der Waals surface area contributed by atoms with Gasteiger partial charge in [-0.25, -0.2) is 9.18 Å². The molecule has 0 bridgehead atoms. The predicted molar refractivity (Wildman–Crippen MR) is 183 cm³/mol. The number of piperazine rings is 2. The average molecular weight is 673 g/mol. The first-order valence-electron chi connectivity index (χ1n) is 17.0. The molecule has 11 nitrogen and oxygen atoms in total. The fourth-order valence-electron chi connectivity index (χ4n) is 6.11. The highest BCUT2D eigenvalue weighted by atomic mass is 19.1. The number of rotatable bonds is 16. The van der Waals surface area contributed by atoms with E-state index in [0.717, 1.165) is 24.9 Å². The summed E-state index contributed by atoms with van der Waals surface area (Å²) in [7, 11) is 2.00. The number of carbonyl (C=O) groups excluding carboxylic acids is 4. The lowest BCUT2D eigenvalue weighted by molar-refractivity contribution is -0.132. The molecule has 2 fully saturated rings. The van der Waals surface area contributed by atoms with Gasteiger partial charge in [0.15, 0.2) is 0 Å². The number of aldehydes is 2. The fourth-order valence-corrected chi connectivity index (χ4v) is 6.11. The molecule has 3 rings (SSSR count). The van der Waals surface area contributed by atoms with Gasteiger partial charge in [-0.3, -0.25) is 4.79 Å². The van der Waals surface area contributed by atoms with Crippen LogP contribution in [0.25, 0.3) is 6.08 Å². The first kappa shape index (κ1) is 38.8. The summed E-state index contributed by atoms with van der Waals surface area (Å²) in [6, 6.07) is 4.75. The Balaban J connectivity index is 1.72. The van der Waals surface area contributed by atoms with Crippen molar-refractivity contribution in [2.45, 2.75) is 58.7 Å². The zero-order valence-corrected chi connectivity index (χ0v) is 28.8. The quantitative estimate of drug-likeness (QED) is 0.201. The van der Waals surface area contributed by atoms with Crippen LogP contribution < -0.4 is 4.90 Å². The van der Waals surface area contributed by atoms with Crippen molar-refractivity contribution in [2.24, 2.45) is 17.8 Å². The summed E-state index contributed by atoms with van der Waals surface area (Å²) in [5.74, 6) is -1.45. The zero-order valence-electron chi connectivity index (χ0n) is 28.8. The third kappa shape index (κ3) is 11.8. The van der Waals surface area contributed by atoms with Crippen molar-refractivity contribution < 1.29 is 38.5 Å². The van der Waals surface area contributed by atoms with E-state index in [0.29, 0.717) is 69.6 Å². The number of halogens is 1. The number of likely N-dealkylation sites (N-methyl/N-ethyl adjacent to an activating group) is 1. The smallest absolute Gasteiger partial charge is 0.410 e. The number of amides is 2. The topological polar surface area (TPSA) is 131 Å². The molecule has 5 atom stereocenters. The molecule has 266 valence electrons. The van der Waals surface area contributed by atoms with Gasteiger partial charge in [-0.1, -0.05) is 31.6 Å². The van der Waals surface area contributed by atoms with E-state index >= 15 is 0 Å². The molecule has 2 heterocycles. The van der Waals surface area contributed by atoms with Gasteiger partial charge < -0.3 is 44.1 Å². The SMILES string of the molecule is C/C(=C\c1cc(F)cc(N2CCN(C(=O)CCO)CC2)c1)[C@@H](C=O)[C@@H](C)/C=C/[C@H](OC(=O)N1CCN(C)CC1)[C@@H](C)CC[C@@H](O)CC=O. The number of hydrogen-bond donors (Lipinski definition) is 2. The van der Waals surface area contributed by atoms with E-state index < -0.39 is 30.0 Å². The third-order valence-corrected chi connectivity index (χ3v) is 9.35. The van der Waals surface area contributed by atoms with E-state index in [2.05, 4.69) is 4.90 Å². The highest BCUT2D eigenvalue weighted by Crippen LogP contribution is 2.27. The van der Waals surface area contributed by atoms with Crippen molar-refractivity contribution in [3.63, 3.8) is 0 Å². The average Bonchev–Trinajstić information content (AvgIpc) is 3.06. The number of nitrogens with zero attached hydrogens (tertiary/aromatic N) is 4. The lowest BCUT2D eigenvalue weighted by atomic mass is 9.86. The first-order valence-corrected chi connectivity index (χ1v) is 17.0. The summed E-state index contributed by atoms with van der Waals surface area (Å²) < 4.78 is 20.7. The molecule has 48 heavy (non-hydrogen) atoms. The van der Waals surface area contributed by atoms with Crippen molar-refractivity contribution >= 4 is 36.3 Å². The number of allylic oxidation sites excluding steroid dienone is 2. The summed E-state index contributed by atoms with van der Waals surface area (Å²) in [5, 5.41) is 19.2. The van der Waals surface area contributed by atoms with Gasteiger partial charge in [-0.05, 0) is 68.5 Å². The van der Waals surface area contributed by atoms with Gasteiger partial charge in [0.05, 0.1) is 12.7 Å². The lowest BCUT2D eigenvalue weighted by Crippen LogP contribution is -2.49. The van der Waals surface area contributed by atoms with Gasteiger partial charge in [0.25, 0.3) is 0 Å². The molecule has 1 aromatic rings. The number of carbonyl (C=O) groups is 4. The van der Waals surface area contributed by atoms with Gasteiger partial charge in [-0.15, -0.1) is 0 Å². The normalized spacial score (nSPS) is 19.5. The monoisotopic (exact) mass is 672 g/mol. The number of hydrogen-bond acceptors (Lipinski definition) is 9. The summed E-state index contributed by atoms with van der Waals surface area (Å²) in [6.07, 6.45) is 6.32. The molecule has 0 aromatic heterocycles. The molecule has 0 unspecified atom stereocenters. The van der Waals surface area contributed by atoms with Crippen molar-refractivity contribution in [3.05, 3.63) is 47.3 Å². The largest absolute Gasteiger partial charge is 0.442 e. The van der Waals surface area contributed by atoms with Gasteiger partial charge in [0.2, 0.25) is 5.91 Å². The molecular formula is C36H53FN4O7. The highest BCUT2D eigenvalue weighted by Gasteiger charge is 2.27. The Morgan fingerprint density at radius 1 is 0.958 bits per heavy atom. The summed E-state index contributed by atoms with van der Waals surface area (Å²) in [6.45, 7) is 10.2. The number of aliphatic hydroxyl groups is 2. The zero-order chi connectivity index (χ0) is 35.2. The van der Waals surface area contributed by atoms with Gasteiger partial charge in [-0.2, -0.15) is 0 Å². The van der Waals surface area contributed by atoms with Crippen LogP contribution in [-0.2, 0) is 19.1 Å².